The Labute approximate surface area is 138 Å². The fourth-order valence-corrected chi connectivity index (χ4v) is 2.27. The monoisotopic (exact) mass is 369 g/mol. The Morgan fingerprint density at radius 1 is 1.14 bits per heavy atom. The van der Waals surface area contributed by atoms with Gasteiger partial charge in [-0.15, -0.1) is 0 Å². The lowest BCUT2D eigenvalue weighted by molar-refractivity contribution is 0.199. The molecule has 0 heterocycles. The van der Waals surface area contributed by atoms with E-state index in [0.29, 0.717) is 18.2 Å². The van der Waals surface area contributed by atoms with E-state index in [1.54, 1.807) is 7.11 Å². The maximum Gasteiger partial charge on any atom is 0.132 e. The average molecular weight is 371 g/mol. The van der Waals surface area contributed by atoms with Crippen molar-refractivity contribution >= 4 is 27.5 Å². The fourth-order valence-electron chi connectivity index (χ4n) is 1.81. The first-order chi connectivity index (χ1) is 10.2. The van der Waals surface area contributed by atoms with Crippen LogP contribution in [0.2, 0.25) is 5.02 Å². The van der Waals surface area contributed by atoms with Gasteiger partial charge in [0, 0.05) is 35.3 Å². The van der Waals surface area contributed by atoms with Gasteiger partial charge in [0.1, 0.15) is 11.5 Å². The molecule has 3 nitrogen and oxygen atoms in total. The molecular weight excluding hydrogens is 354 g/mol. The van der Waals surface area contributed by atoms with Gasteiger partial charge in [0.15, 0.2) is 0 Å². The summed E-state index contributed by atoms with van der Waals surface area (Å²) in [6.45, 7) is 2.12. The van der Waals surface area contributed by atoms with E-state index in [0.717, 1.165) is 28.1 Å². The predicted octanol–water partition coefficient (Wildman–Crippen LogP) is 4.63. The highest BCUT2D eigenvalue weighted by Gasteiger charge is 2.06. The second kappa shape index (κ2) is 8.39. The molecule has 0 radical (unpaired) electrons. The topological polar surface area (TPSA) is 30.5 Å². The van der Waals surface area contributed by atoms with Crippen molar-refractivity contribution in [3.8, 4) is 11.5 Å². The third-order valence-corrected chi connectivity index (χ3v) is 3.63. The minimum Gasteiger partial charge on any atom is -0.457 e. The number of hydrogen-bond donors (Lipinski definition) is 1. The highest BCUT2D eigenvalue weighted by Crippen LogP contribution is 2.28. The largest absolute Gasteiger partial charge is 0.457 e. The lowest BCUT2D eigenvalue weighted by atomic mass is 10.2. The van der Waals surface area contributed by atoms with Gasteiger partial charge in [0.2, 0.25) is 0 Å². The molecule has 0 fully saturated rings. The fraction of sp³-hybridized carbons (Fsp3) is 0.250. The highest BCUT2D eigenvalue weighted by molar-refractivity contribution is 9.10. The smallest absolute Gasteiger partial charge is 0.132 e. The number of halogens is 2. The zero-order valence-corrected chi connectivity index (χ0v) is 14.1. The van der Waals surface area contributed by atoms with Gasteiger partial charge in [-0.3, -0.25) is 0 Å². The van der Waals surface area contributed by atoms with E-state index in [4.69, 9.17) is 21.1 Å². The molecule has 112 valence electrons. The van der Waals surface area contributed by atoms with Crippen molar-refractivity contribution in [1.29, 1.82) is 0 Å². The molecular formula is C16H17BrClNO2. The van der Waals surface area contributed by atoms with E-state index in [9.17, 15) is 0 Å². The molecule has 0 aliphatic rings. The standard InChI is InChI=1S/C16H17BrClNO2/c1-20-9-8-19-11-12-10-14(18)4-7-16(12)21-15-5-2-13(17)3-6-15/h2-7,10,19H,8-9,11H2,1H3. The van der Waals surface area contributed by atoms with E-state index in [1.165, 1.54) is 0 Å². The van der Waals surface area contributed by atoms with Gasteiger partial charge in [-0.05, 0) is 42.5 Å². The Morgan fingerprint density at radius 2 is 1.90 bits per heavy atom. The summed E-state index contributed by atoms with van der Waals surface area (Å²) < 4.78 is 12.0. The predicted molar refractivity (Wildman–Crippen MR) is 89.3 cm³/mol. The van der Waals surface area contributed by atoms with Crippen molar-refractivity contribution in [3.63, 3.8) is 0 Å². The number of benzene rings is 2. The number of nitrogens with one attached hydrogen (secondary N) is 1. The van der Waals surface area contributed by atoms with Crippen LogP contribution in [0, 0.1) is 0 Å². The van der Waals surface area contributed by atoms with Crippen molar-refractivity contribution in [2.75, 3.05) is 20.3 Å². The Bertz CT molecular complexity index is 575. The minimum absolute atomic E-state index is 0.670. The molecule has 0 saturated heterocycles. The zero-order valence-electron chi connectivity index (χ0n) is 11.7. The van der Waals surface area contributed by atoms with Crippen molar-refractivity contribution in [2.45, 2.75) is 6.54 Å². The molecule has 0 aromatic heterocycles. The molecule has 0 spiro atoms. The summed E-state index contributed by atoms with van der Waals surface area (Å²) in [6.07, 6.45) is 0. The minimum atomic E-state index is 0.670. The molecule has 0 aliphatic heterocycles. The number of rotatable bonds is 7. The molecule has 21 heavy (non-hydrogen) atoms. The van der Waals surface area contributed by atoms with Crippen molar-refractivity contribution in [3.05, 3.63) is 57.5 Å². The molecule has 0 amide bonds. The highest BCUT2D eigenvalue weighted by atomic mass is 79.9. The lowest BCUT2D eigenvalue weighted by Gasteiger charge is -2.12. The van der Waals surface area contributed by atoms with Crippen LogP contribution in [0.4, 0.5) is 0 Å². The zero-order chi connectivity index (χ0) is 15.1. The summed E-state index contributed by atoms with van der Waals surface area (Å²) in [5.74, 6) is 1.59. The maximum atomic E-state index is 6.07. The molecule has 0 bridgehead atoms. The van der Waals surface area contributed by atoms with Gasteiger partial charge in [-0.1, -0.05) is 27.5 Å². The molecule has 5 heteroatoms. The maximum absolute atomic E-state index is 6.07. The Balaban J connectivity index is 2.08. The Morgan fingerprint density at radius 3 is 2.62 bits per heavy atom. The van der Waals surface area contributed by atoms with Crippen LogP contribution in [0.3, 0.4) is 0 Å². The van der Waals surface area contributed by atoms with Crippen molar-refractivity contribution in [2.24, 2.45) is 0 Å². The third-order valence-electron chi connectivity index (χ3n) is 2.86. The summed E-state index contributed by atoms with van der Waals surface area (Å²) in [7, 11) is 1.68. The van der Waals surface area contributed by atoms with Crippen molar-refractivity contribution < 1.29 is 9.47 Å². The second-order valence-electron chi connectivity index (χ2n) is 4.48. The van der Waals surface area contributed by atoms with Gasteiger partial charge >= 0.3 is 0 Å². The van der Waals surface area contributed by atoms with E-state index < -0.39 is 0 Å². The van der Waals surface area contributed by atoms with Gasteiger partial charge < -0.3 is 14.8 Å². The Hall–Kier alpha value is -1.07. The number of ether oxygens (including phenoxy) is 2. The van der Waals surface area contributed by atoms with E-state index in [2.05, 4.69) is 21.2 Å². The summed E-state index contributed by atoms with van der Waals surface area (Å²) in [5, 5.41) is 3.99. The van der Waals surface area contributed by atoms with E-state index >= 15 is 0 Å². The van der Waals surface area contributed by atoms with Crippen LogP contribution in [0.25, 0.3) is 0 Å². The van der Waals surface area contributed by atoms with Crippen LogP contribution in [0.1, 0.15) is 5.56 Å². The van der Waals surface area contributed by atoms with E-state index in [1.807, 2.05) is 42.5 Å². The summed E-state index contributed by atoms with van der Waals surface area (Å²) in [6, 6.07) is 13.4. The second-order valence-corrected chi connectivity index (χ2v) is 5.83. The summed E-state index contributed by atoms with van der Waals surface area (Å²) >= 11 is 9.48. The normalized spacial score (nSPS) is 10.6. The molecule has 2 aromatic carbocycles. The molecule has 1 N–H and O–H groups in total. The third kappa shape index (κ3) is 5.32. The van der Waals surface area contributed by atoms with Crippen LogP contribution >= 0.6 is 27.5 Å². The SMILES string of the molecule is COCCNCc1cc(Cl)ccc1Oc1ccc(Br)cc1. The van der Waals surface area contributed by atoms with Crippen LogP contribution in [-0.2, 0) is 11.3 Å². The van der Waals surface area contributed by atoms with Gasteiger partial charge in [-0.2, -0.15) is 0 Å². The molecule has 0 saturated carbocycles. The molecule has 0 aliphatic carbocycles. The van der Waals surface area contributed by atoms with Crippen LogP contribution in [-0.4, -0.2) is 20.3 Å². The first-order valence-electron chi connectivity index (χ1n) is 6.60. The molecule has 2 rings (SSSR count). The van der Waals surface area contributed by atoms with Gasteiger partial charge in [0.25, 0.3) is 0 Å². The van der Waals surface area contributed by atoms with Crippen LogP contribution < -0.4 is 10.1 Å². The first-order valence-corrected chi connectivity index (χ1v) is 7.77. The van der Waals surface area contributed by atoms with Crippen LogP contribution in [0.15, 0.2) is 46.9 Å². The quantitative estimate of drug-likeness (QED) is 0.721. The average Bonchev–Trinajstić information content (AvgIpc) is 2.48. The molecule has 2 aromatic rings. The molecule has 0 unspecified atom stereocenters. The lowest BCUT2D eigenvalue weighted by Crippen LogP contribution is -2.18. The number of methoxy groups -OCH3 is 1. The van der Waals surface area contributed by atoms with Crippen molar-refractivity contribution in [1.82, 2.24) is 5.32 Å². The van der Waals surface area contributed by atoms with Crippen LogP contribution in [0.5, 0.6) is 11.5 Å². The summed E-state index contributed by atoms with van der Waals surface area (Å²) in [5.41, 5.74) is 1.02. The van der Waals surface area contributed by atoms with E-state index in [-0.39, 0.29) is 0 Å². The molecule has 0 atom stereocenters. The van der Waals surface area contributed by atoms with Gasteiger partial charge in [-0.25, -0.2) is 0 Å². The summed E-state index contributed by atoms with van der Waals surface area (Å²) in [4.78, 5) is 0. The van der Waals surface area contributed by atoms with Gasteiger partial charge in [0.05, 0.1) is 6.61 Å². The Kier molecular flexibility index (Phi) is 6.51. The first kappa shape index (κ1) is 16.3. The number of hydrogen-bond acceptors (Lipinski definition) is 3.